The van der Waals surface area contributed by atoms with Crippen molar-refractivity contribution >= 4 is 12.6 Å². The van der Waals surface area contributed by atoms with Crippen molar-refractivity contribution in [1.29, 1.82) is 0 Å². The second-order valence-electron chi connectivity index (χ2n) is 2.35. The maximum Gasteiger partial charge on any atom is 0.169 e. The molecule has 0 saturated carbocycles. The number of hydrogen-bond donors (Lipinski definition) is 1. The van der Waals surface area contributed by atoms with Crippen LogP contribution in [0.4, 0.5) is 0 Å². The smallest absolute Gasteiger partial charge is 0.169 e. The molecule has 0 radical (unpaired) electrons. The Kier molecular flexibility index (Phi) is 3.17. The molecule has 1 heterocycles. The van der Waals surface area contributed by atoms with Gasteiger partial charge in [-0.15, -0.1) is 0 Å². The molecule has 0 aliphatic carbocycles. The van der Waals surface area contributed by atoms with E-state index in [9.17, 15) is 0 Å². The Bertz CT molecular complexity index is 228. The molecular formula is C9H12NS+. The fourth-order valence-corrected chi connectivity index (χ4v) is 1.08. The number of pyridine rings is 1. The molecule has 0 N–H and O–H groups in total. The molecular weight excluding hydrogens is 154 g/mol. The molecule has 0 saturated heterocycles. The molecule has 2 heteroatoms. The van der Waals surface area contributed by atoms with E-state index in [4.69, 9.17) is 0 Å². The van der Waals surface area contributed by atoms with Crippen molar-refractivity contribution in [3.05, 3.63) is 42.7 Å². The van der Waals surface area contributed by atoms with E-state index < -0.39 is 0 Å². The Morgan fingerprint density at radius 1 is 1.45 bits per heavy atom. The highest BCUT2D eigenvalue weighted by Crippen LogP contribution is 1.98. The highest BCUT2D eigenvalue weighted by molar-refractivity contribution is 7.79. The van der Waals surface area contributed by atoms with Crippen molar-refractivity contribution < 1.29 is 4.57 Å². The van der Waals surface area contributed by atoms with Crippen LogP contribution in [0.15, 0.2) is 37.2 Å². The first-order chi connectivity index (χ1) is 5.36. The SMILES string of the molecule is C=CC[n+]1ccc(CS)cc1. The summed E-state index contributed by atoms with van der Waals surface area (Å²) in [7, 11) is 0. The molecule has 1 nitrogen and oxygen atoms in total. The number of allylic oxidation sites excluding steroid dienone is 1. The molecule has 1 rings (SSSR count). The van der Waals surface area contributed by atoms with E-state index in [1.165, 1.54) is 5.56 Å². The zero-order valence-electron chi connectivity index (χ0n) is 6.40. The van der Waals surface area contributed by atoms with E-state index >= 15 is 0 Å². The lowest BCUT2D eigenvalue weighted by Gasteiger charge is -1.93. The van der Waals surface area contributed by atoms with E-state index in [2.05, 4.69) is 35.9 Å². The van der Waals surface area contributed by atoms with Crippen LogP contribution in [0, 0.1) is 0 Å². The zero-order chi connectivity index (χ0) is 8.10. The van der Waals surface area contributed by atoms with Gasteiger partial charge >= 0.3 is 0 Å². The van der Waals surface area contributed by atoms with Crippen molar-refractivity contribution in [2.24, 2.45) is 0 Å². The van der Waals surface area contributed by atoms with Crippen LogP contribution in [-0.4, -0.2) is 0 Å². The predicted molar refractivity (Wildman–Crippen MR) is 49.5 cm³/mol. The number of thiol groups is 1. The van der Waals surface area contributed by atoms with E-state index in [0.717, 1.165) is 12.3 Å². The summed E-state index contributed by atoms with van der Waals surface area (Å²) in [5.74, 6) is 0.801. The maximum absolute atomic E-state index is 4.17. The van der Waals surface area contributed by atoms with Gasteiger partial charge in [-0.1, -0.05) is 6.58 Å². The summed E-state index contributed by atoms with van der Waals surface area (Å²) in [5.41, 5.74) is 1.24. The van der Waals surface area contributed by atoms with Crippen LogP contribution in [0.2, 0.25) is 0 Å². The third-order valence-electron chi connectivity index (χ3n) is 1.48. The van der Waals surface area contributed by atoms with Crippen molar-refractivity contribution in [2.75, 3.05) is 0 Å². The summed E-state index contributed by atoms with van der Waals surface area (Å²) in [6.07, 6.45) is 5.95. The van der Waals surface area contributed by atoms with E-state index in [1.807, 2.05) is 18.5 Å². The fraction of sp³-hybridized carbons (Fsp3) is 0.222. The van der Waals surface area contributed by atoms with Gasteiger partial charge in [0, 0.05) is 17.9 Å². The number of aromatic nitrogens is 1. The fourth-order valence-electron chi connectivity index (χ4n) is 0.864. The second-order valence-corrected chi connectivity index (χ2v) is 2.67. The molecule has 0 spiro atoms. The molecule has 0 unspecified atom stereocenters. The molecule has 0 fully saturated rings. The van der Waals surface area contributed by atoms with Gasteiger partial charge in [0.05, 0.1) is 0 Å². The highest BCUT2D eigenvalue weighted by Gasteiger charge is 1.95. The molecule has 0 aromatic carbocycles. The Balaban J connectivity index is 2.74. The van der Waals surface area contributed by atoms with Gasteiger partial charge in [-0.2, -0.15) is 12.6 Å². The van der Waals surface area contributed by atoms with Crippen molar-refractivity contribution in [3.8, 4) is 0 Å². The third-order valence-corrected chi connectivity index (χ3v) is 1.85. The highest BCUT2D eigenvalue weighted by atomic mass is 32.1. The molecule has 11 heavy (non-hydrogen) atoms. The molecule has 1 aromatic rings. The summed E-state index contributed by atoms with van der Waals surface area (Å²) in [4.78, 5) is 0. The summed E-state index contributed by atoms with van der Waals surface area (Å²) >= 11 is 4.17. The van der Waals surface area contributed by atoms with Gasteiger partial charge in [0.1, 0.15) is 0 Å². The monoisotopic (exact) mass is 166 g/mol. The summed E-state index contributed by atoms with van der Waals surface area (Å²) in [5, 5.41) is 0. The Morgan fingerprint density at radius 2 is 2.09 bits per heavy atom. The zero-order valence-corrected chi connectivity index (χ0v) is 7.30. The molecule has 58 valence electrons. The normalized spacial score (nSPS) is 9.55. The minimum atomic E-state index is 0.801. The number of hydrogen-bond acceptors (Lipinski definition) is 1. The van der Waals surface area contributed by atoms with Crippen LogP contribution in [0.5, 0.6) is 0 Å². The van der Waals surface area contributed by atoms with Gasteiger partial charge in [0.25, 0.3) is 0 Å². The second kappa shape index (κ2) is 4.19. The topological polar surface area (TPSA) is 3.88 Å². The summed E-state index contributed by atoms with van der Waals surface area (Å²) < 4.78 is 2.07. The van der Waals surface area contributed by atoms with E-state index in [1.54, 1.807) is 0 Å². The first-order valence-electron chi connectivity index (χ1n) is 3.56. The molecule has 0 bridgehead atoms. The van der Waals surface area contributed by atoms with Gasteiger partial charge < -0.3 is 0 Å². The molecule has 0 aliphatic heterocycles. The first-order valence-corrected chi connectivity index (χ1v) is 4.20. The van der Waals surface area contributed by atoms with Crippen LogP contribution in [0.1, 0.15) is 5.56 Å². The van der Waals surface area contributed by atoms with Crippen molar-refractivity contribution in [3.63, 3.8) is 0 Å². The Morgan fingerprint density at radius 3 is 2.55 bits per heavy atom. The van der Waals surface area contributed by atoms with Crippen LogP contribution >= 0.6 is 12.6 Å². The van der Waals surface area contributed by atoms with Crippen LogP contribution < -0.4 is 4.57 Å². The number of nitrogens with zero attached hydrogens (tertiary/aromatic N) is 1. The Labute approximate surface area is 72.8 Å². The summed E-state index contributed by atoms with van der Waals surface area (Å²) in [6.45, 7) is 4.53. The molecule has 0 aliphatic rings. The quantitative estimate of drug-likeness (QED) is 0.395. The van der Waals surface area contributed by atoms with E-state index in [-0.39, 0.29) is 0 Å². The van der Waals surface area contributed by atoms with Gasteiger partial charge in [0.2, 0.25) is 0 Å². The Hall–Kier alpha value is -0.760. The lowest BCUT2D eigenvalue weighted by atomic mass is 10.3. The molecule has 0 amide bonds. The minimum Gasteiger partial charge on any atom is -0.201 e. The van der Waals surface area contributed by atoms with Gasteiger partial charge in [0.15, 0.2) is 18.9 Å². The van der Waals surface area contributed by atoms with Crippen molar-refractivity contribution in [2.45, 2.75) is 12.3 Å². The van der Waals surface area contributed by atoms with Crippen molar-refractivity contribution in [1.82, 2.24) is 0 Å². The predicted octanol–water partition coefficient (Wildman–Crippen LogP) is 1.59. The third kappa shape index (κ3) is 2.39. The van der Waals surface area contributed by atoms with Gasteiger partial charge in [-0.3, -0.25) is 0 Å². The van der Waals surface area contributed by atoms with Crippen LogP contribution in [0.3, 0.4) is 0 Å². The van der Waals surface area contributed by atoms with Crippen LogP contribution in [0.25, 0.3) is 0 Å². The lowest BCUT2D eigenvalue weighted by molar-refractivity contribution is -0.687. The minimum absolute atomic E-state index is 0.801. The standard InChI is InChI=1S/C9H11NS/c1-2-5-10-6-3-9(8-11)4-7-10/h2-4,6-7H,1,5,8H2/p+1. The number of rotatable bonds is 3. The average molecular weight is 166 g/mol. The molecule has 0 atom stereocenters. The van der Waals surface area contributed by atoms with E-state index in [0.29, 0.717) is 0 Å². The lowest BCUT2D eigenvalue weighted by Crippen LogP contribution is -2.31. The maximum atomic E-state index is 4.17. The van der Waals surface area contributed by atoms with Gasteiger partial charge in [-0.25, -0.2) is 4.57 Å². The molecule has 1 aromatic heterocycles. The average Bonchev–Trinajstić information content (AvgIpc) is 2.07. The first kappa shape index (κ1) is 8.34. The van der Waals surface area contributed by atoms with Gasteiger partial charge in [-0.05, 0) is 11.6 Å². The largest absolute Gasteiger partial charge is 0.201 e. The van der Waals surface area contributed by atoms with Crippen LogP contribution in [-0.2, 0) is 12.3 Å². The summed E-state index contributed by atoms with van der Waals surface area (Å²) in [6, 6.07) is 4.13.